The first kappa shape index (κ1) is 18.0. The monoisotopic (exact) mass is 359 g/mol. The molecule has 1 aromatic carbocycles. The SMILES string of the molecule is Cc1c(OCC(=O)NCCC(=O)O)ccc2c3c(c(=O)oc12)CCCC3. The van der Waals surface area contributed by atoms with Crippen molar-refractivity contribution in [3.8, 4) is 5.75 Å². The van der Waals surface area contributed by atoms with E-state index in [9.17, 15) is 14.4 Å². The lowest BCUT2D eigenvalue weighted by Crippen LogP contribution is -2.30. The highest BCUT2D eigenvalue weighted by Gasteiger charge is 2.20. The third-order valence-electron chi connectivity index (χ3n) is 4.61. The molecule has 1 aliphatic carbocycles. The van der Waals surface area contributed by atoms with E-state index in [2.05, 4.69) is 5.32 Å². The molecule has 0 bridgehead atoms. The van der Waals surface area contributed by atoms with Gasteiger partial charge in [-0.2, -0.15) is 0 Å². The van der Waals surface area contributed by atoms with Gasteiger partial charge in [0.25, 0.3) is 5.91 Å². The van der Waals surface area contributed by atoms with Crippen LogP contribution in [0.25, 0.3) is 11.0 Å². The molecular formula is C19H21NO6. The summed E-state index contributed by atoms with van der Waals surface area (Å²) in [5.74, 6) is -0.919. The molecule has 1 aromatic heterocycles. The molecule has 3 rings (SSSR count). The molecule has 2 N–H and O–H groups in total. The molecule has 0 unspecified atom stereocenters. The van der Waals surface area contributed by atoms with Gasteiger partial charge in [-0.25, -0.2) is 4.79 Å². The molecule has 138 valence electrons. The van der Waals surface area contributed by atoms with E-state index in [1.54, 1.807) is 13.0 Å². The topological polar surface area (TPSA) is 106 Å². The van der Waals surface area contributed by atoms with E-state index in [4.69, 9.17) is 14.3 Å². The Morgan fingerprint density at radius 2 is 1.96 bits per heavy atom. The number of amides is 1. The smallest absolute Gasteiger partial charge is 0.339 e. The van der Waals surface area contributed by atoms with Crippen molar-refractivity contribution in [3.63, 3.8) is 0 Å². The molecule has 26 heavy (non-hydrogen) atoms. The molecular weight excluding hydrogens is 338 g/mol. The number of carbonyl (C=O) groups excluding carboxylic acids is 1. The summed E-state index contributed by atoms with van der Waals surface area (Å²) in [5, 5.41) is 12.0. The van der Waals surface area contributed by atoms with Gasteiger partial charge in [-0.1, -0.05) is 0 Å². The molecule has 2 aromatic rings. The Morgan fingerprint density at radius 3 is 2.69 bits per heavy atom. The van der Waals surface area contributed by atoms with Crippen LogP contribution in [0.1, 0.15) is 36.0 Å². The van der Waals surface area contributed by atoms with Gasteiger partial charge in [0, 0.05) is 23.1 Å². The number of rotatable bonds is 6. The molecule has 0 atom stereocenters. The van der Waals surface area contributed by atoms with Crippen molar-refractivity contribution in [3.05, 3.63) is 39.2 Å². The van der Waals surface area contributed by atoms with Crippen LogP contribution < -0.4 is 15.7 Å². The summed E-state index contributed by atoms with van der Waals surface area (Å²) in [5.41, 5.74) is 2.71. The second-order valence-electron chi connectivity index (χ2n) is 6.40. The molecule has 0 fully saturated rings. The third-order valence-corrected chi connectivity index (χ3v) is 4.61. The van der Waals surface area contributed by atoms with Crippen LogP contribution in [0, 0.1) is 6.92 Å². The first-order valence-corrected chi connectivity index (χ1v) is 8.67. The summed E-state index contributed by atoms with van der Waals surface area (Å²) in [4.78, 5) is 34.4. The van der Waals surface area contributed by atoms with Crippen molar-refractivity contribution in [2.24, 2.45) is 0 Å². The van der Waals surface area contributed by atoms with Crippen LogP contribution in [-0.2, 0) is 22.4 Å². The van der Waals surface area contributed by atoms with E-state index in [1.165, 1.54) is 0 Å². The van der Waals surface area contributed by atoms with Gasteiger partial charge in [0.05, 0.1) is 6.42 Å². The fraction of sp³-hybridized carbons (Fsp3) is 0.421. The highest BCUT2D eigenvalue weighted by molar-refractivity contribution is 5.86. The van der Waals surface area contributed by atoms with E-state index >= 15 is 0 Å². The van der Waals surface area contributed by atoms with Gasteiger partial charge in [-0.15, -0.1) is 0 Å². The zero-order chi connectivity index (χ0) is 18.7. The number of aryl methyl sites for hydroxylation is 2. The van der Waals surface area contributed by atoms with Crippen molar-refractivity contribution < 1.29 is 23.8 Å². The first-order valence-electron chi connectivity index (χ1n) is 8.67. The van der Waals surface area contributed by atoms with E-state index in [-0.39, 0.29) is 25.2 Å². The number of benzene rings is 1. The average molecular weight is 359 g/mol. The lowest BCUT2D eigenvalue weighted by molar-refractivity contribution is -0.137. The third kappa shape index (κ3) is 3.71. The fourth-order valence-electron chi connectivity index (χ4n) is 3.28. The van der Waals surface area contributed by atoms with Crippen molar-refractivity contribution in [2.45, 2.75) is 39.0 Å². The minimum Gasteiger partial charge on any atom is -0.483 e. The summed E-state index contributed by atoms with van der Waals surface area (Å²) >= 11 is 0. The number of carbonyl (C=O) groups is 2. The molecule has 0 saturated heterocycles. The molecule has 0 radical (unpaired) electrons. The van der Waals surface area contributed by atoms with Crippen LogP contribution in [0.5, 0.6) is 5.75 Å². The number of carboxylic acids is 1. The van der Waals surface area contributed by atoms with Crippen molar-refractivity contribution in [1.29, 1.82) is 0 Å². The molecule has 7 nitrogen and oxygen atoms in total. The molecule has 0 spiro atoms. The number of carboxylic acid groups (broad SMARTS) is 1. The number of hydrogen-bond acceptors (Lipinski definition) is 5. The summed E-state index contributed by atoms with van der Waals surface area (Å²) in [7, 11) is 0. The Kier molecular flexibility index (Phi) is 5.25. The molecule has 7 heteroatoms. The van der Waals surface area contributed by atoms with Gasteiger partial charge in [0.1, 0.15) is 11.3 Å². The Hall–Kier alpha value is -2.83. The van der Waals surface area contributed by atoms with Crippen LogP contribution in [0.2, 0.25) is 0 Å². The predicted octanol–water partition coefficient (Wildman–Crippen LogP) is 1.95. The van der Waals surface area contributed by atoms with E-state index in [0.717, 1.165) is 42.2 Å². The average Bonchev–Trinajstić information content (AvgIpc) is 2.62. The van der Waals surface area contributed by atoms with Gasteiger partial charge >= 0.3 is 11.6 Å². The molecule has 0 saturated carbocycles. The highest BCUT2D eigenvalue weighted by atomic mass is 16.5. The molecule has 0 aliphatic heterocycles. The number of ether oxygens (including phenoxy) is 1. The van der Waals surface area contributed by atoms with Crippen molar-refractivity contribution >= 4 is 22.8 Å². The summed E-state index contributed by atoms with van der Waals surface area (Å²) < 4.78 is 11.1. The van der Waals surface area contributed by atoms with E-state index < -0.39 is 11.9 Å². The van der Waals surface area contributed by atoms with Crippen molar-refractivity contribution in [1.82, 2.24) is 5.32 Å². The normalized spacial score (nSPS) is 13.3. The Bertz CT molecular complexity index is 914. The molecule has 1 heterocycles. The van der Waals surface area contributed by atoms with E-state index in [0.29, 0.717) is 16.9 Å². The fourth-order valence-corrected chi connectivity index (χ4v) is 3.28. The first-order chi connectivity index (χ1) is 12.5. The summed E-state index contributed by atoms with van der Waals surface area (Å²) in [6.07, 6.45) is 3.53. The Morgan fingerprint density at radius 1 is 1.23 bits per heavy atom. The minimum absolute atomic E-state index is 0.0508. The van der Waals surface area contributed by atoms with Crippen LogP contribution in [0.4, 0.5) is 0 Å². The standard InChI is InChI=1S/C19H21NO6/c1-11-15(25-10-16(21)20-9-8-17(22)23)7-6-13-12-4-2-3-5-14(12)19(24)26-18(11)13/h6-7H,2-5,8-10H2,1H3,(H,20,21)(H,22,23). The number of fused-ring (bicyclic) bond motifs is 3. The van der Waals surface area contributed by atoms with Crippen LogP contribution in [-0.4, -0.2) is 30.1 Å². The maximum absolute atomic E-state index is 12.3. The number of nitrogens with one attached hydrogen (secondary N) is 1. The number of aliphatic carboxylic acids is 1. The maximum Gasteiger partial charge on any atom is 0.339 e. The van der Waals surface area contributed by atoms with Gasteiger partial charge in [0.2, 0.25) is 0 Å². The zero-order valence-corrected chi connectivity index (χ0v) is 14.6. The van der Waals surface area contributed by atoms with E-state index in [1.807, 2.05) is 6.07 Å². The highest BCUT2D eigenvalue weighted by Crippen LogP contribution is 2.32. The lowest BCUT2D eigenvalue weighted by atomic mass is 9.90. The second kappa shape index (κ2) is 7.59. The van der Waals surface area contributed by atoms with Gasteiger partial charge in [-0.05, 0) is 50.3 Å². The number of hydrogen-bond donors (Lipinski definition) is 2. The maximum atomic E-state index is 12.3. The minimum atomic E-state index is -0.977. The zero-order valence-electron chi connectivity index (χ0n) is 14.6. The second-order valence-corrected chi connectivity index (χ2v) is 6.40. The summed E-state index contributed by atoms with van der Waals surface area (Å²) in [6, 6.07) is 3.64. The van der Waals surface area contributed by atoms with Gasteiger partial charge < -0.3 is 19.6 Å². The molecule has 1 amide bonds. The largest absolute Gasteiger partial charge is 0.483 e. The van der Waals surface area contributed by atoms with Crippen LogP contribution in [0.15, 0.2) is 21.3 Å². The van der Waals surface area contributed by atoms with Gasteiger partial charge in [0.15, 0.2) is 6.61 Å². The van der Waals surface area contributed by atoms with Crippen LogP contribution >= 0.6 is 0 Å². The Balaban J connectivity index is 1.78. The van der Waals surface area contributed by atoms with Crippen LogP contribution in [0.3, 0.4) is 0 Å². The molecule has 1 aliphatic rings. The van der Waals surface area contributed by atoms with Gasteiger partial charge in [-0.3, -0.25) is 9.59 Å². The van der Waals surface area contributed by atoms with Crippen molar-refractivity contribution in [2.75, 3.05) is 13.2 Å². The quantitative estimate of drug-likeness (QED) is 0.764. The Labute approximate surface area is 150 Å². The lowest BCUT2D eigenvalue weighted by Gasteiger charge is -2.18. The summed E-state index contributed by atoms with van der Waals surface area (Å²) in [6.45, 7) is 1.61. The predicted molar refractivity (Wildman–Crippen MR) is 94.6 cm³/mol.